The van der Waals surface area contributed by atoms with Crippen LogP contribution in [0.2, 0.25) is 0 Å². The normalized spacial score (nSPS) is 11.5. The highest BCUT2D eigenvalue weighted by atomic mass is 19.4. The number of rotatable bonds is 5. The first-order valence-corrected chi connectivity index (χ1v) is 8.06. The Balaban J connectivity index is 2.06. The van der Waals surface area contributed by atoms with E-state index >= 15 is 0 Å². The largest absolute Gasteiger partial charge is 0.389 e. The average molecular weight is 356 g/mol. The second-order valence-electron chi connectivity index (χ2n) is 6.04. The van der Waals surface area contributed by atoms with Gasteiger partial charge in [-0.3, -0.25) is 4.79 Å². The number of halogens is 3. The van der Waals surface area contributed by atoms with Gasteiger partial charge in [-0.1, -0.05) is 24.3 Å². The van der Waals surface area contributed by atoms with Gasteiger partial charge in [-0.05, 0) is 30.2 Å². The Morgan fingerprint density at radius 3 is 2.65 bits per heavy atom. The van der Waals surface area contributed by atoms with E-state index in [1.54, 1.807) is 47.2 Å². The predicted octanol–water partition coefficient (Wildman–Crippen LogP) is 5.33. The fourth-order valence-corrected chi connectivity index (χ4v) is 3.00. The molecule has 0 saturated heterocycles. The minimum atomic E-state index is -4.19. The second kappa shape index (κ2) is 7.04. The van der Waals surface area contributed by atoms with Gasteiger partial charge in [0.1, 0.15) is 6.29 Å². The molecule has 3 aromatic rings. The molecule has 0 amide bonds. The number of benzene rings is 2. The van der Waals surface area contributed by atoms with Crippen molar-refractivity contribution in [2.24, 2.45) is 0 Å². The molecule has 1 heterocycles. The molecule has 0 aliphatic rings. The maximum atomic E-state index is 12.5. The molecule has 0 fully saturated rings. The predicted molar refractivity (Wildman–Crippen MR) is 92.8 cm³/mol. The van der Waals surface area contributed by atoms with Crippen molar-refractivity contribution in [3.8, 4) is 17.2 Å². The molecule has 2 aromatic carbocycles. The zero-order valence-corrected chi connectivity index (χ0v) is 13.8. The molecule has 132 valence electrons. The van der Waals surface area contributed by atoms with E-state index < -0.39 is 12.6 Å². The van der Waals surface area contributed by atoms with Gasteiger partial charge in [0.05, 0.1) is 11.6 Å². The van der Waals surface area contributed by atoms with Crippen LogP contribution in [-0.4, -0.2) is 17.0 Å². The van der Waals surface area contributed by atoms with Crippen molar-refractivity contribution in [1.82, 2.24) is 4.57 Å². The van der Waals surface area contributed by atoms with Gasteiger partial charge in [0.25, 0.3) is 0 Å². The van der Waals surface area contributed by atoms with Crippen LogP contribution in [0, 0.1) is 11.3 Å². The van der Waals surface area contributed by atoms with Crippen LogP contribution in [0.25, 0.3) is 22.0 Å². The summed E-state index contributed by atoms with van der Waals surface area (Å²) in [6.07, 6.45) is -2.61. The molecule has 0 aliphatic carbocycles. The second-order valence-corrected chi connectivity index (χ2v) is 6.04. The molecule has 0 radical (unpaired) electrons. The van der Waals surface area contributed by atoms with E-state index in [4.69, 9.17) is 5.26 Å². The highest BCUT2D eigenvalue weighted by Crippen LogP contribution is 2.32. The van der Waals surface area contributed by atoms with Crippen molar-refractivity contribution >= 4 is 17.2 Å². The molecular weight excluding hydrogens is 341 g/mol. The van der Waals surface area contributed by atoms with Crippen LogP contribution < -0.4 is 0 Å². The van der Waals surface area contributed by atoms with Crippen LogP contribution in [0.15, 0.2) is 48.7 Å². The van der Waals surface area contributed by atoms with E-state index in [-0.39, 0.29) is 13.0 Å². The zero-order valence-electron chi connectivity index (χ0n) is 13.8. The summed E-state index contributed by atoms with van der Waals surface area (Å²) >= 11 is 0. The quantitative estimate of drug-likeness (QED) is 0.580. The first-order chi connectivity index (χ1) is 12.4. The zero-order chi connectivity index (χ0) is 18.7. The van der Waals surface area contributed by atoms with Crippen LogP contribution in [-0.2, 0) is 6.54 Å². The first kappa shape index (κ1) is 17.7. The number of aryl methyl sites for hydroxylation is 1. The Labute approximate surface area is 148 Å². The number of aldehydes is 1. The van der Waals surface area contributed by atoms with E-state index in [1.807, 2.05) is 6.07 Å². The minimum absolute atomic E-state index is 0.0454. The Kier molecular flexibility index (Phi) is 4.81. The Morgan fingerprint density at radius 1 is 1.15 bits per heavy atom. The van der Waals surface area contributed by atoms with E-state index in [0.717, 1.165) is 16.5 Å². The standard InChI is InChI=1S/C20H15F3N2O/c21-20(22,23)7-2-8-25-12-18(16-4-1-3-14(9-16)11-24)17-6-5-15(13-26)10-19(17)25/h1,3-6,9-10,12-13H,2,7-8H2. The maximum absolute atomic E-state index is 12.5. The molecule has 0 aliphatic heterocycles. The monoisotopic (exact) mass is 356 g/mol. The average Bonchev–Trinajstić information content (AvgIpc) is 2.98. The summed E-state index contributed by atoms with van der Waals surface area (Å²) in [6, 6.07) is 14.3. The SMILES string of the molecule is N#Cc1cccc(-c2cn(CCCC(F)(F)F)c3cc(C=O)ccc23)c1. The van der Waals surface area contributed by atoms with Crippen molar-refractivity contribution in [3.63, 3.8) is 0 Å². The van der Waals surface area contributed by atoms with Gasteiger partial charge in [-0.2, -0.15) is 18.4 Å². The lowest BCUT2D eigenvalue weighted by Gasteiger charge is -2.08. The van der Waals surface area contributed by atoms with Gasteiger partial charge in [0.2, 0.25) is 0 Å². The molecule has 26 heavy (non-hydrogen) atoms. The van der Waals surface area contributed by atoms with Gasteiger partial charge in [0.15, 0.2) is 0 Å². The van der Waals surface area contributed by atoms with Crippen molar-refractivity contribution in [1.29, 1.82) is 5.26 Å². The molecule has 1 aromatic heterocycles. The van der Waals surface area contributed by atoms with Gasteiger partial charge in [-0.15, -0.1) is 0 Å². The van der Waals surface area contributed by atoms with E-state index in [9.17, 15) is 18.0 Å². The van der Waals surface area contributed by atoms with Gasteiger partial charge in [-0.25, -0.2) is 0 Å². The topological polar surface area (TPSA) is 45.8 Å². The van der Waals surface area contributed by atoms with Crippen molar-refractivity contribution in [2.75, 3.05) is 0 Å². The fraction of sp³-hybridized carbons (Fsp3) is 0.200. The molecule has 0 unspecified atom stereocenters. The summed E-state index contributed by atoms with van der Waals surface area (Å²) in [6.45, 7) is 0.191. The molecule has 0 bridgehead atoms. The molecule has 0 N–H and O–H groups in total. The third-order valence-electron chi connectivity index (χ3n) is 4.20. The summed E-state index contributed by atoms with van der Waals surface area (Å²) in [5.74, 6) is 0. The van der Waals surface area contributed by atoms with Crippen molar-refractivity contribution < 1.29 is 18.0 Å². The van der Waals surface area contributed by atoms with Crippen molar-refractivity contribution in [3.05, 3.63) is 59.8 Å². The van der Waals surface area contributed by atoms with Crippen LogP contribution in [0.5, 0.6) is 0 Å². The lowest BCUT2D eigenvalue weighted by molar-refractivity contribution is -0.135. The number of hydrogen-bond acceptors (Lipinski definition) is 2. The lowest BCUT2D eigenvalue weighted by Crippen LogP contribution is -2.09. The summed E-state index contributed by atoms with van der Waals surface area (Å²) in [4.78, 5) is 11.1. The summed E-state index contributed by atoms with van der Waals surface area (Å²) in [7, 11) is 0. The van der Waals surface area contributed by atoms with E-state index in [0.29, 0.717) is 22.9 Å². The summed E-state index contributed by atoms with van der Waals surface area (Å²) in [5.41, 5.74) is 3.30. The molecule has 0 spiro atoms. The fourth-order valence-electron chi connectivity index (χ4n) is 3.00. The number of nitriles is 1. The highest BCUT2D eigenvalue weighted by molar-refractivity contribution is 5.98. The van der Waals surface area contributed by atoms with Gasteiger partial charge < -0.3 is 4.57 Å². The van der Waals surface area contributed by atoms with Gasteiger partial charge >= 0.3 is 6.18 Å². The number of carbonyl (C=O) groups excluding carboxylic acids is 1. The molecular formula is C20H15F3N2O. The number of carbonyl (C=O) groups is 1. The van der Waals surface area contributed by atoms with E-state index in [2.05, 4.69) is 6.07 Å². The number of hydrogen-bond donors (Lipinski definition) is 0. The van der Waals surface area contributed by atoms with Crippen molar-refractivity contribution in [2.45, 2.75) is 25.6 Å². The smallest absolute Gasteiger partial charge is 0.347 e. The highest BCUT2D eigenvalue weighted by Gasteiger charge is 2.26. The first-order valence-electron chi connectivity index (χ1n) is 8.06. The summed E-state index contributed by atoms with van der Waals surface area (Å²) in [5, 5.41) is 9.92. The molecule has 0 saturated carbocycles. The third kappa shape index (κ3) is 3.77. The minimum Gasteiger partial charge on any atom is -0.347 e. The number of alkyl halides is 3. The number of aromatic nitrogens is 1. The van der Waals surface area contributed by atoms with Crippen LogP contribution in [0.4, 0.5) is 13.2 Å². The molecule has 3 rings (SSSR count). The summed E-state index contributed by atoms with van der Waals surface area (Å²) < 4.78 is 39.1. The van der Waals surface area contributed by atoms with Crippen LogP contribution >= 0.6 is 0 Å². The molecule has 0 atom stereocenters. The molecule has 6 heteroatoms. The molecule has 3 nitrogen and oxygen atoms in total. The number of fused-ring (bicyclic) bond motifs is 1. The lowest BCUT2D eigenvalue weighted by atomic mass is 10.0. The Bertz CT molecular complexity index is 996. The third-order valence-corrected chi connectivity index (χ3v) is 4.20. The Hall–Kier alpha value is -3.07. The Morgan fingerprint density at radius 2 is 1.96 bits per heavy atom. The number of nitrogens with zero attached hydrogens (tertiary/aromatic N) is 2. The maximum Gasteiger partial charge on any atom is 0.389 e. The van der Waals surface area contributed by atoms with Gasteiger partial charge in [0, 0.05) is 41.2 Å². The van der Waals surface area contributed by atoms with Crippen LogP contribution in [0.3, 0.4) is 0 Å². The van der Waals surface area contributed by atoms with Crippen LogP contribution in [0.1, 0.15) is 28.8 Å². The van der Waals surface area contributed by atoms with E-state index in [1.165, 1.54) is 0 Å².